The molecule has 0 saturated carbocycles. The average Bonchev–Trinajstić information content (AvgIpc) is 2.74. The molecule has 0 amide bonds. The first-order valence-electron chi connectivity index (χ1n) is 11.3. The molecule has 0 spiro atoms. The number of carbonyl (C=O) groups is 1. The highest BCUT2D eigenvalue weighted by Gasteiger charge is 2.51. The molecule has 6 heteroatoms. The summed E-state index contributed by atoms with van der Waals surface area (Å²) in [5.41, 5.74) is 2.23. The third-order valence-corrected chi connectivity index (χ3v) is 6.85. The Kier molecular flexibility index (Phi) is 6.26. The second kappa shape index (κ2) is 8.81. The van der Waals surface area contributed by atoms with Gasteiger partial charge in [-0.25, -0.2) is 8.78 Å². The van der Waals surface area contributed by atoms with Gasteiger partial charge in [0.2, 0.25) is 0 Å². The summed E-state index contributed by atoms with van der Waals surface area (Å²) in [7, 11) is 0. The molecule has 2 aliphatic heterocycles. The molecule has 172 valence electrons. The van der Waals surface area contributed by atoms with Gasteiger partial charge in [-0.2, -0.15) is 0 Å². The third-order valence-electron chi connectivity index (χ3n) is 6.85. The molecule has 4 nitrogen and oxygen atoms in total. The fourth-order valence-corrected chi connectivity index (χ4v) is 5.11. The number of hydrogen-bond donors (Lipinski definition) is 1. The largest absolute Gasteiger partial charge is 0.487 e. The van der Waals surface area contributed by atoms with Crippen molar-refractivity contribution in [2.75, 3.05) is 0 Å². The van der Waals surface area contributed by atoms with Crippen molar-refractivity contribution < 1.29 is 28.2 Å². The molecule has 32 heavy (non-hydrogen) atoms. The van der Waals surface area contributed by atoms with E-state index in [1.165, 1.54) is 17.7 Å². The van der Waals surface area contributed by atoms with E-state index in [2.05, 4.69) is 19.1 Å². The number of aliphatic carboxylic acids is 1. The summed E-state index contributed by atoms with van der Waals surface area (Å²) in [4.78, 5) is 12.1. The Bertz CT molecular complexity index is 1000. The van der Waals surface area contributed by atoms with Gasteiger partial charge in [0.25, 0.3) is 0 Å². The van der Waals surface area contributed by atoms with Crippen LogP contribution < -0.4 is 4.74 Å². The number of rotatable bonds is 6. The summed E-state index contributed by atoms with van der Waals surface area (Å²) in [6.45, 7) is 6.10. The molecule has 4 atom stereocenters. The van der Waals surface area contributed by atoms with Crippen LogP contribution in [-0.4, -0.2) is 22.8 Å². The van der Waals surface area contributed by atoms with Gasteiger partial charge in [-0.05, 0) is 74.9 Å². The highest BCUT2D eigenvalue weighted by atomic mass is 19.2. The van der Waals surface area contributed by atoms with E-state index in [1.807, 2.05) is 19.9 Å². The minimum atomic E-state index is -0.903. The molecule has 2 aliphatic rings. The predicted octanol–water partition coefficient (Wildman–Crippen LogP) is 5.87. The van der Waals surface area contributed by atoms with Crippen LogP contribution in [0.1, 0.15) is 62.8 Å². The van der Waals surface area contributed by atoms with E-state index in [0.29, 0.717) is 24.8 Å². The predicted molar refractivity (Wildman–Crippen MR) is 117 cm³/mol. The van der Waals surface area contributed by atoms with E-state index in [4.69, 9.17) is 9.47 Å². The Labute approximate surface area is 187 Å². The Balaban J connectivity index is 1.62. The highest BCUT2D eigenvalue weighted by Crippen LogP contribution is 2.52. The monoisotopic (exact) mass is 444 g/mol. The van der Waals surface area contributed by atoms with Crippen molar-refractivity contribution in [1.29, 1.82) is 0 Å². The van der Waals surface area contributed by atoms with Crippen LogP contribution in [0.3, 0.4) is 0 Å². The molecule has 4 rings (SSSR count). The molecule has 0 unspecified atom stereocenters. The van der Waals surface area contributed by atoms with Gasteiger partial charge in [0, 0.05) is 11.5 Å². The Hall–Kier alpha value is -2.47. The van der Waals surface area contributed by atoms with Crippen molar-refractivity contribution >= 4 is 5.97 Å². The standard InChI is InChI=1S/C26H30F2O4/c1-4-5-15-8-11-23-17(12-15)24-19(26(2,3)32-23)14-18(25(29)30)22(31-24)10-7-16-6-9-20(27)21(28)13-16/h6,8-9,11-13,18-19,22,24H,4-5,7,10,14H2,1-3H3,(H,29,30)/t18-,19+,22+,24-/m1/s1. The third kappa shape index (κ3) is 4.38. The number of ether oxygens (including phenoxy) is 2. The maximum absolute atomic E-state index is 13.6. The summed E-state index contributed by atoms with van der Waals surface area (Å²) in [6, 6.07) is 9.98. The molecule has 0 aromatic heterocycles. The maximum Gasteiger partial charge on any atom is 0.309 e. The number of carboxylic acids is 1. The quantitative estimate of drug-likeness (QED) is 0.606. The molecule has 2 aromatic carbocycles. The minimum absolute atomic E-state index is 0.104. The summed E-state index contributed by atoms with van der Waals surface area (Å²) in [5.74, 6) is -2.70. The van der Waals surface area contributed by atoms with Gasteiger partial charge in [0.05, 0.1) is 18.1 Å². The topological polar surface area (TPSA) is 55.8 Å². The Morgan fingerprint density at radius 2 is 1.81 bits per heavy atom. The van der Waals surface area contributed by atoms with E-state index in [1.54, 1.807) is 0 Å². The second-order valence-corrected chi connectivity index (χ2v) is 9.50. The lowest BCUT2D eigenvalue weighted by molar-refractivity contribution is -0.188. The minimum Gasteiger partial charge on any atom is -0.487 e. The van der Waals surface area contributed by atoms with Gasteiger partial charge in [0.15, 0.2) is 11.6 Å². The van der Waals surface area contributed by atoms with E-state index >= 15 is 0 Å². The number of aryl methyl sites for hydroxylation is 2. The van der Waals surface area contributed by atoms with Crippen LogP contribution in [0, 0.1) is 23.5 Å². The molecule has 2 heterocycles. The molecule has 1 N–H and O–H groups in total. The van der Waals surface area contributed by atoms with Crippen LogP contribution in [0.15, 0.2) is 36.4 Å². The lowest BCUT2D eigenvalue weighted by Crippen LogP contribution is -2.52. The maximum atomic E-state index is 13.6. The zero-order valence-corrected chi connectivity index (χ0v) is 18.7. The van der Waals surface area contributed by atoms with Crippen molar-refractivity contribution in [3.05, 3.63) is 64.7 Å². The summed E-state index contributed by atoms with van der Waals surface area (Å²) < 4.78 is 39.7. The lowest BCUT2D eigenvalue weighted by atomic mass is 9.71. The second-order valence-electron chi connectivity index (χ2n) is 9.50. The SMILES string of the molecule is CCCc1ccc2c(c1)[C@H]1O[C@@H](CCc3ccc(F)c(F)c3)[C@H](C(=O)O)C[C@@H]1C(C)(C)O2. The Morgan fingerprint density at radius 1 is 1.09 bits per heavy atom. The van der Waals surface area contributed by atoms with Gasteiger partial charge in [-0.3, -0.25) is 4.79 Å². The first kappa shape index (κ1) is 22.7. The molecule has 1 saturated heterocycles. The molecule has 1 fully saturated rings. The summed E-state index contributed by atoms with van der Waals surface area (Å²) >= 11 is 0. The molecule has 2 aromatic rings. The number of carboxylic acid groups (broad SMARTS) is 1. The smallest absolute Gasteiger partial charge is 0.309 e. The van der Waals surface area contributed by atoms with Crippen molar-refractivity contribution in [3.63, 3.8) is 0 Å². The van der Waals surface area contributed by atoms with Gasteiger partial charge in [-0.1, -0.05) is 25.5 Å². The number of hydrogen-bond acceptors (Lipinski definition) is 3. The first-order valence-corrected chi connectivity index (χ1v) is 11.3. The first-order chi connectivity index (χ1) is 15.2. The normalized spacial score (nSPS) is 26.0. The van der Waals surface area contributed by atoms with Crippen LogP contribution in [0.25, 0.3) is 0 Å². The van der Waals surface area contributed by atoms with Gasteiger partial charge >= 0.3 is 5.97 Å². The van der Waals surface area contributed by atoms with E-state index in [-0.39, 0.29) is 12.0 Å². The highest BCUT2D eigenvalue weighted by molar-refractivity contribution is 5.71. The van der Waals surface area contributed by atoms with Crippen LogP contribution >= 0.6 is 0 Å². The van der Waals surface area contributed by atoms with Crippen LogP contribution in [0.2, 0.25) is 0 Å². The molecule has 0 aliphatic carbocycles. The lowest BCUT2D eigenvalue weighted by Gasteiger charge is -2.50. The van der Waals surface area contributed by atoms with Crippen LogP contribution in [-0.2, 0) is 22.4 Å². The van der Waals surface area contributed by atoms with Crippen molar-refractivity contribution in [2.24, 2.45) is 11.8 Å². The zero-order valence-electron chi connectivity index (χ0n) is 18.7. The van der Waals surface area contributed by atoms with E-state index in [0.717, 1.165) is 30.2 Å². The van der Waals surface area contributed by atoms with Crippen molar-refractivity contribution in [3.8, 4) is 5.75 Å². The average molecular weight is 445 g/mol. The van der Waals surface area contributed by atoms with Gasteiger partial charge < -0.3 is 14.6 Å². The molecule has 0 bridgehead atoms. The molecular weight excluding hydrogens is 414 g/mol. The number of halogens is 2. The number of benzene rings is 2. The van der Waals surface area contributed by atoms with Crippen LogP contribution in [0.4, 0.5) is 8.78 Å². The zero-order chi connectivity index (χ0) is 23.0. The van der Waals surface area contributed by atoms with E-state index in [9.17, 15) is 18.7 Å². The van der Waals surface area contributed by atoms with E-state index < -0.39 is 35.2 Å². The van der Waals surface area contributed by atoms with Gasteiger partial charge in [0.1, 0.15) is 11.4 Å². The summed E-state index contributed by atoms with van der Waals surface area (Å²) in [5, 5.41) is 9.93. The number of fused-ring (bicyclic) bond motifs is 3. The molecular formula is C26H30F2O4. The van der Waals surface area contributed by atoms with Gasteiger partial charge in [-0.15, -0.1) is 0 Å². The fourth-order valence-electron chi connectivity index (χ4n) is 5.11. The van der Waals surface area contributed by atoms with Crippen molar-refractivity contribution in [1.82, 2.24) is 0 Å². The Morgan fingerprint density at radius 3 is 2.50 bits per heavy atom. The summed E-state index contributed by atoms with van der Waals surface area (Å²) in [6.07, 6.45) is 2.44. The molecule has 0 radical (unpaired) electrons. The van der Waals surface area contributed by atoms with Crippen molar-refractivity contribution in [2.45, 2.75) is 70.7 Å². The van der Waals surface area contributed by atoms with Crippen LogP contribution in [0.5, 0.6) is 5.75 Å². The fraction of sp³-hybridized carbons (Fsp3) is 0.500.